The Morgan fingerprint density at radius 1 is 1.36 bits per heavy atom. The first-order chi connectivity index (χ1) is 11.8. The minimum absolute atomic E-state index is 0.202. The van der Waals surface area contributed by atoms with Crippen LogP contribution in [0, 0.1) is 6.92 Å². The first kappa shape index (κ1) is 18.8. The summed E-state index contributed by atoms with van der Waals surface area (Å²) >= 11 is 10.4. The Bertz CT molecular complexity index is 913. The van der Waals surface area contributed by atoms with Crippen LogP contribution in [-0.4, -0.2) is 31.3 Å². The summed E-state index contributed by atoms with van der Waals surface area (Å²) in [7, 11) is -3.73. The first-order valence-corrected chi connectivity index (χ1v) is 11.0. The molecule has 2 aromatic rings. The van der Waals surface area contributed by atoms with Crippen LogP contribution in [0.3, 0.4) is 0 Å². The summed E-state index contributed by atoms with van der Waals surface area (Å²) in [6.07, 6.45) is 1.03. The van der Waals surface area contributed by atoms with Gasteiger partial charge in [0.05, 0.1) is 8.81 Å². The number of carbonyl (C=O) groups is 1. The minimum atomic E-state index is -3.73. The number of hydrogen-bond acceptors (Lipinski definition) is 5. The van der Waals surface area contributed by atoms with Gasteiger partial charge in [-0.1, -0.05) is 17.7 Å². The molecule has 25 heavy (non-hydrogen) atoms. The molecule has 1 atom stereocenters. The van der Waals surface area contributed by atoms with Crippen LogP contribution in [0.5, 0.6) is 5.75 Å². The normalized spacial score (nSPS) is 18.4. The molecular formula is C16H15BrClNO4S2. The monoisotopic (exact) mass is 463 g/mol. The van der Waals surface area contributed by atoms with E-state index >= 15 is 0 Å². The maximum Gasteiger partial charge on any atom is 0.329 e. The highest BCUT2D eigenvalue weighted by Crippen LogP contribution is 2.33. The van der Waals surface area contributed by atoms with E-state index in [0.717, 1.165) is 20.7 Å². The Morgan fingerprint density at radius 2 is 2.12 bits per heavy atom. The van der Waals surface area contributed by atoms with Crippen LogP contribution in [0.4, 0.5) is 0 Å². The molecule has 0 spiro atoms. The molecule has 1 aliphatic rings. The van der Waals surface area contributed by atoms with E-state index in [9.17, 15) is 13.2 Å². The van der Waals surface area contributed by atoms with Gasteiger partial charge in [-0.05, 0) is 65.5 Å². The number of hydrogen-bond donors (Lipinski definition) is 0. The summed E-state index contributed by atoms with van der Waals surface area (Å²) in [6.45, 7) is 2.15. The number of ether oxygens (including phenoxy) is 1. The van der Waals surface area contributed by atoms with Crippen LogP contribution in [0.1, 0.15) is 18.4 Å². The zero-order valence-corrected chi connectivity index (χ0v) is 17.2. The van der Waals surface area contributed by atoms with E-state index in [0.29, 0.717) is 24.4 Å². The van der Waals surface area contributed by atoms with Gasteiger partial charge in [0.15, 0.2) is 0 Å². The summed E-state index contributed by atoms with van der Waals surface area (Å²) in [5, 5.41) is 0.313. The molecule has 2 heterocycles. The fraction of sp³-hybridized carbons (Fsp3) is 0.312. The molecule has 1 fully saturated rings. The zero-order chi connectivity index (χ0) is 18.2. The predicted octanol–water partition coefficient (Wildman–Crippen LogP) is 4.23. The Morgan fingerprint density at radius 3 is 2.80 bits per heavy atom. The molecule has 0 radical (unpaired) electrons. The number of benzene rings is 1. The summed E-state index contributed by atoms with van der Waals surface area (Å²) in [5.74, 6) is -0.362. The Labute approximate surface area is 163 Å². The van der Waals surface area contributed by atoms with Crippen molar-refractivity contribution in [3.05, 3.63) is 44.7 Å². The average molecular weight is 465 g/mol. The molecule has 9 heteroatoms. The topological polar surface area (TPSA) is 63.7 Å². The van der Waals surface area contributed by atoms with Crippen LogP contribution in [0.25, 0.3) is 0 Å². The molecule has 134 valence electrons. The highest BCUT2D eigenvalue weighted by atomic mass is 79.9. The third-order valence-corrected chi connectivity index (χ3v) is 8.20. The molecule has 1 unspecified atom stereocenters. The molecule has 1 aliphatic heterocycles. The first-order valence-electron chi connectivity index (χ1n) is 7.54. The van der Waals surface area contributed by atoms with Gasteiger partial charge in [-0.3, -0.25) is 0 Å². The number of carbonyl (C=O) groups excluding carboxylic acids is 1. The SMILES string of the molecule is Cc1ccc(Cl)c(OC(=O)C2CCCN2S(=O)(=O)c2ccc(Br)s2)c1. The van der Waals surface area contributed by atoms with Crippen LogP contribution in [0.2, 0.25) is 5.02 Å². The van der Waals surface area contributed by atoms with Gasteiger partial charge in [0.2, 0.25) is 0 Å². The molecule has 5 nitrogen and oxygen atoms in total. The Balaban J connectivity index is 1.84. The minimum Gasteiger partial charge on any atom is -0.424 e. The molecule has 0 aliphatic carbocycles. The summed E-state index contributed by atoms with van der Waals surface area (Å²) in [6, 6.07) is 7.47. The Kier molecular flexibility index (Phi) is 5.55. The van der Waals surface area contributed by atoms with Crippen molar-refractivity contribution in [2.24, 2.45) is 0 Å². The Hall–Kier alpha value is -0.930. The highest BCUT2D eigenvalue weighted by molar-refractivity contribution is 9.11. The van der Waals surface area contributed by atoms with E-state index in [1.54, 1.807) is 24.3 Å². The van der Waals surface area contributed by atoms with Crippen LogP contribution < -0.4 is 4.74 Å². The average Bonchev–Trinajstić information content (AvgIpc) is 3.20. The van der Waals surface area contributed by atoms with Crippen molar-refractivity contribution >= 4 is 54.9 Å². The maximum absolute atomic E-state index is 12.8. The van der Waals surface area contributed by atoms with Crippen molar-refractivity contribution in [3.63, 3.8) is 0 Å². The fourth-order valence-corrected chi connectivity index (χ4v) is 6.62. The number of sulfonamides is 1. The quantitative estimate of drug-likeness (QED) is 0.502. The van der Waals surface area contributed by atoms with Crippen LogP contribution >= 0.6 is 38.9 Å². The second kappa shape index (κ2) is 7.36. The van der Waals surface area contributed by atoms with Crippen molar-refractivity contribution in [1.82, 2.24) is 4.31 Å². The van der Waals surface area contributed by atoms with Gasteiger partial charge in [0.25, 0.3) is 10.0 Å². The number of nitrogens with zero attached hydrogens (tertiary/aromatic N) is 1. The van der Waals surface area contributed by atoms with E-state index in [4.69, 9.17) is 16.3 Å². The van der Waals surface area contributed by atoms with Gasteiger partial charge in [0, 0.05) is 6.54 Å². The van der Waals surface area contributed by atoms with E-state index in [1.165, 1.54) is 10.4 Å². The standard InChI is InChI=1S/C16H15BrClNO4S2/c1-10-4-5-11(18)13(9-10)23-16(20)12-3-2-8-19(12)25(21,22)15-7-6-14(17)24-15/h4-7,9,12H,2-3,8H2,1H3. The van der Waals surface area contributed by atoms with Gasteiger partial charge in [0.1, 0.15) is 16.0 Å². The third kappa shape index (κ3) is 3.93. The molecule has 1 aromatic heterocycles. The van der Waals surface area contributed by atoms with Crippen molar-refractivity contribution in [2.45, 2.75) is 30.0 Å². The van der Waals surface area contributed by atoms with Crippen molar-refractivity contribution in [2.75, 3.05) is 6.54 Å². The fourth-order valence-electron chi connectivity index (χ4n) is 2.68. The smallest absolute Gasteiger partial charge is 0.329 e. The molecule has 0 bridgehead atoms. The van der Waals surface area contributed by atoms with Gasteiger partial charge < -0.3 is 4.74 Å². The van der Waals surface area contributed by atoms with Crippen molar-refractivity contribution in [1.29, 1.82) is 0 Å². The lowest BCUT2D eigenvalue weighted by atomic mass is 10.2. The molecule has 3 rings (SSSR count). The van der Waals surface area contributed by atoms with Gasteiger partial charge in [-0.15, -0.1) is 11.3 Å². The van der Waals surface area contributed by atoms with Gasteiger partial charge in [-0.25, -0.2) is 13.2 Å². The van der Waals surface area contributed by atoms with Crippen LogP contribution in [-0.2, 0) is 14.8 Å². The van der Waals surface area contributed by atoms with E-state index in [2.05, 4.69) is 15.9 Å². The number of halogens is 2. The number of esters is 1. The second-order valence-electron chi connectivity index (χ2n) is 5.69. The predicted molar refractivity (Wildman–Crippen MR) is 101 cm³/mol. The molecule has 0 amide bonds. The number of thiophene rings is 1. The van der Waals surface area contributed by atoms with Crippen molar-refractivity contribution in [3.8, 4) is 5.75 Å². The summed E-state index contributed by atoms with van der Waals surface area (Å²) < 4.78 is 33.2. The molecule has 1 aromatic carbocycles. The van der Waals surface area contributed by atoms with E-state index < -0.39 is 22.0 Å². The lowest BCUT2D eigenvalue weighted by Gasteiger charge is -2.22. The molecule has 1 saturated heterocycles. The van der Waals surface area contributed by atoms with Gasteiger partial charge >= 0.3 is 5.97 Å². The molecule has 0 saturated carbocycles. The number of rotatable bonds is 4. The summed E-state index contributed by atoms with van der Waals surface area (Å²) in [4.78, 5) is 12.6. The highest BCUT2D eigenvalue weighted by Gasteiger charge is 2.41. The molecule has 0 N–H and O–H groups in total. The van der Waals surface area contributed by atoms with E-state index in [-0.39, 0.29) is 9.96 Å². The summed E-state index contributed by atoms with van der Waals surface area (Å²) in [5.41, 5.74) is 0.895. The van der Waals surface area contributed by atoms with Gasteiger partial charge in [-0.2, -0.15) is 4.31 Å². The van der Waals surface area contributed by atoms with Crippen LogP contribution in [0.15, 0.2) is 38.3 Å². The third-order valence-electron chi connectivity index (χ3n) is 3.88. The largest absolute Gasteiger partial charge is 0.424 e. The van der Waals surface area contributed by atoms with E-state index in [1.807, 2.05) is 6.92 Å². The lowest BCUT2D eigenvalue weighted by Crippen LogP contribution is -2.42. The zero-order valence-electron chi connectivity index (χ0n) is 13.2. The molecular weight excluding hydrogens is 450 g/mol. The van der Waals surface area contributed by atoms with Crippen molar-refractivity contribution < 1.29 is 17.9 Å². The second-order valence-corrected chi connectivity index (χ2v) is 10.7. The number of aryl methyl sites for hydroxylation is 1. The maximum atomic E-state index is 12.8. The lowest BCUT2D eigenvalue weighted by molar-refractivity contribution is -0.137.